The molecule has 1 atom stereocenters. The molecule has 0 radical (unpaired) electrons. The fourth-order valence-corrected chi connectivity index (χ4v) is 1.80. The van der Waals surface area contributed by atoms with E-state index in [9.17, 15) is 13.9 Å². The van der Waals surface area contributed by atoms with Crippen LogP contribution in [0.3, 0.4) is 0 Å². The lowest BCUT2D eigenvalue weighted by atomic mass is 10.1. The molecule has 0 heterocycles. The van der Waals surface area contributed by atoms with Crippen molar-refractivity contribution in [2.24, 2.45) is 0 Å². The average molecular weight is 263 g/mol. The number of aliphatic hydroxyl groups is 1. The third-order valence-corrected chi connectivity index (χ3v) is 2.84. The third kappa shape index (κ3) is 3.84. The Morgan fingerprint density at radius 3 is 2.42 bits per heavy atom. The Labute approximate surface area is 110 Å². The number of rotatable bonds is 5. The van der Waals surface area contributed by atoms with Gasteiger partial charge in [0.15, 0.2) is 11.6 Å². The van der Waals surface area contributed by atoms with E-state index in [4.69, 9.17) is 0 Å². The highest BCUT2D eigenvalue weighted by Gasteiger charge is 2.07. The first kappa shape index (κ1) is 13.6. The second kappa shape index (κ2) is 6.41. The first-order valence-corrected chi connectivity index (χ1v) is 6.04. The standard InChI is InChI=1S/C15H15F2NO/c16-13-7-6-11(8-14(13)17)9-18-10-15(19)12-4-2-1-3-5-12/h1-8,15,18-19H,9-10H2. The van der Waals surface area contributed by atoms with Gasteiger partial charge in [-0.05, 0) is 23.3 Å². The highest BCUT2D eigenvalue weighted by atomic mass is 19.2. The van der Waals surface area contributed by atoms with Crippen LogP contribution in [0.2, 0.25) is 0 Å². The summed E-state index contributed by atoms with van der Waals surface area (Å²) in [5.74, 6) is -1.71. The van der Waals surface area contributed by atoms with Crippen molar-refractivity contribution in [3.63, 3.8) is 0 Å². The van der Waals surface area contributed by atoms with Gasteiger partial charge in [-0.2, -0.15) is 0 Å². The van der Waals surface area contributed by atoms with Gasteiger partial charge < -0.3 is 10.4 Å². The van der Waals surface area contributed by atoms with Crippen LogP contribution in [-0.2, 0) is 6.54 Å². The lowest BCUT2D eigenvalue weighted by molar-refractivity contribution is 0.174. The molecule has 0 amide bonds. The van der Waals surface area contributed by atoms with Gasteiger partial charge in [0.25, 0.3) is 0 Å². The zero-order chi connectivity index (χ0) is 13.7. The van der Waals surface area contributed by atoms with Crippen LogP contribution in [0.4, 0.5) is 8.78 Å². The molecule has 4 heteroatoms. The van der Waals surface area contributed by atoms with Crippen molar-refractivity contribution in [2.75, 3.05) is 6.54 Å². The van der Waals surface area contributed by atoms with Crippen LogP contribution >= 0.6 is 0 Å². The predicted molar refractivity (Wildman–Crippen MR) is 69.5 cm³/mol. The Bertz CT molecular complexity index is 531. The fraction of sp³-hybridized carbons (Fsp3) is 0.200. The summed E-state index contributed by atoms with van der Waals surface area (Å²) in [6, 6.07) is 13.0. The van der Waals surface area contributed by atoms with Gasteiger partial charge in [-0.15, -0.1) is 0 Å². The summed E-state index contributed by atoms with van der Waals surface area (Å²) >= 11 is 0. The highest BCUT2D eigenvalue weighted by molar-refractivity contribution is 5.19. The van der Waals surface area contributed by atoms with Crippen LogP contribution in [0.1, 0.15) is 17.2 Å². The zero-order valence-electron chi connectivity index (χ0n) is 10.3. The molecule has 1 unspecified atom stereocenters. The molecule has 0 saturated carbocycles. The molecule has 0 aliphatic rings. The summed E-state index contributed by atoms with van der Waals surface area (Å²) in [7, 11) is 0. The smallest absolute Gasteiger partial charge is 0.159 e. The van der Waals surface area contributed by atoms with Gasteiger partial charge in [0.1, 0.15) is 0 Å². The minimum Gasteiger partial charge on any atom is -0.387 e. The van der Waals surface area contributed by atoms with Crippen molar-refractivity contribution in [1.29, 1.82) is 0 Å². The molecular weight excluding hydrogens is 248 g/mol. The minimum absolute atomic E-state index is 0.350. The zero-order valence-corrected chi connectivity index (χ0v) is 10.3. The summed E-state index contributed by atoms with van der Waals surface area (Å²) in [4.78, 5) is 0. The first-order valence-electron chi connectivity index (χ1n) is 6.04. The molecule has 0 aromatic heterocycles. The molecule has 0 fully saturated rings. The molecule has 0 aliphatic carbocycles. The van der Waals surface area contributed by atoms with E-state index in [0.717, 1.165) is 17.7 Å². The maximum Gasteiger partial charge on any atom is 0.159 e. The van der Waals surface area contributed by atoms with E-state index in [0.29, 0.717) is 18.7 Å². The van der Waals surface area contributed by atoms with Crippen LogP contribution in [0.5, 0.6) is 0 Å². The summed E-state index contributed by atoms with van der Waals surface area (Å²) in [6.45, 7) is 0.726. The lowest BCUT2D eigenvalue weighted by Gasteiger charge is -2.12. The van der Waals surface area contributed by atoms with Crippen LogP contribution < -0.4 is 5.32 Å². The van der Waals surface area contributed by atoms with Crippen molar-refractivity contribution < 1.29 is 13.9 Å². The summed E-state index contributed by atoms with van der Waals surface area (Å²) in [5.41, 5.74) is 1.46. The quantitative estimate of drug-likeness (QED) is 0.869. The molecular formula is C15H15F2NO. The normalized spacial score (nSPS) is 12.4. The van der Waals surface area contributed by atoms with Crippen LogP contribution in [-0.4, -0.2) is 11.7 Å². The van der Waals surface area contributed by atoms with Crippen molar-refractivity contribution in [1.82, 2.24) is 5.32 Å². The second-order valence-electron chi connectivity index (χ2n) is 4.31. The number of aliphatic hydroxyl groups excluding tert-OH is 1. The largest absolute Gasteiger partial charge is 0.387 e. The number of halogens is 2. The first-order chi connectivity index (χ1) is 9.16. The van der Waals surface area contributed by atoms with Gasteiger partial charge in [0, 0.05) is 13.1 Å². The SMILES string of the molecule is OC(CNCc1ccc(F)c(F)c1)c1ccccc1. The van der Waals surface area contributed by atoms with Gasteiger partial charge in [0.2, 0.25) is 0 Å². The topological polar surface area (TPSA) is 32.3 Å². The molecule has 0 bridgehead atoms. The Morgan fingerprint density at radius 1 is 1.00 bits per heavy atom. The summed E-state index contributed by atoms with van der Waals surface area (Å²) in [6.07, 6.45) is -0.619. The van der Waals surface area contributed by atoms with Gasteiger partial charge in [-0.25, -0.2) is 8.78 Å². The number of nitrogens with one attached hydrogen (secondary N) is 1. The summed E-state index contributed by atoms with van der Waals surface area (Å²) < 4.78 is 25.7. The Kier molecular flexibility index (Phi) is 4.60. The van der Waals surface area contributed by atoms with Gasteiger partial charge in [-0.1, -0.05) is 36.4 Å². The molecule has 2 nitrogen and oxygen atoms in total. The van der Waals surface area contributed by atoms with Crippen LogP contribution in [0.25, 0.3) is 0 Å². The van der Waals surface area contributed by atoms with E-state index < -0.39 is 17.7 Å². The molecule has 0 saturated heterocycles. The molecule has 19 heavy (non-hydrogen) atoms. The average Bonchev–Trinajstić information content (AvgIpc) is 2.43. The maximum absolute atomic E-state index is 13.0. The van der Waals surface area contributed by atoms with Crippen molar-refractivity contribution in [3.8, 4) is 0 Å². The molecule has 2 rings (SSSR count). The van der Waals surface area contributed by atoms with E-state index in [1.807, 2.05) is 30.3 Å². The fourth-order valence-electron chi connectivity index (χ4n) is 1.80. The van der Waals surface area contributed by atoms with E-state index in [1.54, 1.807) is 0 Å². The summed E-state index contributed by atoms with van der Waals surface area (Å²) in [5, 5.41) is 12.9. The monoisotopic (exact) mass is 263 g/mol. The number of hydrogen-bond donors (Lipinski definition) is 2. The highest BCUT2D eigenvalue weighted by Crippen LogP contribution is 2.12. The molecule has 2 aromatic carbocycles. The Morgan fingerprint density at radius 2 is 1.74 bits per heavy atom. The third-order valence-electron chi connectivity index (χ3n) is 2.84. The molecule has 2 aromatic rings. The van der Waals surface area contributed by atoms with E-state index in [1.165, 1.54) is 6.07 Å². The van der Waals surface area contributed by atoms with Gasteiger partial charge >= 0.3 is 0 Å². The lowest BCUT2D eigenvalue weighted by Crippen LogP contribution is -2.21. The molecule has 0 spiro atoms. The Balaban J connectivity index is 1.85. The van der Waals surface area contributed by atoms with Crippen LogP contribution in [0.15, 0.2) is 48.5 Å². The second-order valence-corrected chi connectivity index (χ2v) is 4.31. The maximum atomic E-state index is 13.0. The van der Waals surface area contributed by atoms with Crippen molar-refractivity contribution in [2.45, 2.75) is 12.6 Å². The van der Waals surface area contributed by atoms with Gasteiger partial charge in [-0.3, -0.25) is 0 Å². The van der Waals surface area contributed by atoms with E-state index in [-0.39, 0.29) is 0 Å². The predicted octanol–water partition coefficient (Wildman–Crippen LogP) is 2.79. The number of hydrogen-bond acceptors (Lipinski definition) is 2. The van der Waals surface area contributed by atoms with Crippen molar-refractivity contribution in [3.05, 3.63) is 71.3 Å². The minimum atomic E-state index is -0.858. The Hall–Kier alpha value is -1.78. The van der Waals surface area contributed by atoms with Crippen LogP contribution in [0, 0.1) is 11.6 Å². The van der Waals surface area contributed by atoms with E-state index >= 15 is 0 Å². The van der Waals surface area contributed by atoms with E-state index in [2.05, 4.69) is 5.32 Å². The van der Waals surface area contributed by atoms with Gasteiger partial charge in [0.05, 0.1) is 6.10 Å². The van der Waals surface area contributed by atoms with Crippen molar-refractivity contribution >= 4 is 0 Å². The molecule has 2 N–H and O–H groups in total. The molecule has 0 aliphatic heterocycles. The molecule has 100 valence electrons. The number of benzene rings is 2.